The van der Waals surface area contributed by atoms with Gasteiger partial charge in [-0.3, -0.25) is 4.90 Å². The van der Waals surface area contributed by atoms with E-state index in [0.29, 0.717) is 30.5 Å². The van der Waals surface area contributed by atoms with E-state index < -0.39 is 0 Å². The lowest BCUT2D eigenvalue weighted by atomic mass is 10.1. The Balaban J connectivity index is 1.47. The van der Waals surface area contributed by atoms with Gasteiger partial charge in [0.25, 0.3) is 0 Å². The number of carbonyl (C=O) groups excluding carboxylic acids is 1. The summed E-state index contributed by atoms with van der Waals surface area (Å²) >= 11 is 0. The molecule has 1 aliphatic rings. The van der Waals surface area contributed by atoms with Crippen molar-refractivity contribution in [3.63, 3.8) is 0 Å². The van der Waals surface area contributed by atoms with E-state index in [2.05, 4.69) is 32.4 Å². The Labute approximate surface area is 163 Å². The number of nitrogens with zero attached hydrogens (tertiary/aromatic N) is 6. The van der Waals surface area contributed by atoms with Crippen molar-refractivity contribution < 1.29 is 9.32 Å². The SMILES string of the molecule is Cc1nc(-c2cccc(NC(=O)N3CCN(C)C(c4nccn4C)C3)c2)no1. The summed E-state index contributed by atoms with van der Waals surface area (Å²) < 4.78 is 7.03. The van der Waals surface area contributed by atoms with E-state index in [0.717, 1.165) is 17.9 Å². The Hall–Kier alpha value is -3.20. The van der Waals surface area contributed by atoms with Gasteiger partial charge < -0.3 is 19.3 Å². The molecule has 1 aromatic carbocycles. The third-order valence-corrected chi connectivity index (χ3v) is 4.99. The molecule has 1 atom stereocenters. The van der Waals surface area contributed by atoms with Crippen LogP contribution in [0.4, 0.5) is 10.5 Å². The third-order valence-electron chi connectivity index (χ3n) is 4.99. The molecule has 2 amide bonds. The topological polar surface area (TPSA) is 92.3 Å². The molecule has 3 aromatic rings. The van der Waals surface area contributed by atoms with Gasteiger partial charge in [-0.1, -0.05) is 17.3 Å². The Morgan fingerprint density at radius 3 is 2.86 bits per heavy atom. The third kappa shape index (κ3) is 3.61. The van der Waals surface area contributed by atoms with Crippen LogP contribution in [0, 0.1) is 6.92 Å². The minimum Gasteiger partial charge on any atom is -0.339 e. The van der Waals surface area contributed by atoms with Crippen LogP contribution in [0.1, 0.15) is 17.8 Å². The van der Waals surface area contributed by atoms with Crippen molar-refractivity contribution >= 4 is 11.7 Å². The average Bonchev–Trinajstić information content (AvgIpc) is 3.30. The van der Waals surface area contributed by atoms with Gasteiger partial charge in [0.05, 0.1) is 6.04 Å². The molecule has 1 saturated heterocycles. The van der Waals surface area contributed by atoms with Crippen molar-refractivity contribution in [1.29, 1.82) is 0 Å². The smallest absolute Gasteiger partial charge is 0.321 e. The number of aryl methyl sites for hydroxylation is 2. The number of urea groups is 1. The predicted molar refractivity (Wildman–Crippen MR) is 104 cm³/mol. The lowest BCUT2D eigenvalue weighted by Gasteiger charge is -2.38. The Morgan fingerprint density at radius 2 is 2.14 bits per heavy atom. The van der Waals surface area contributed by atoms with E-state index in [1.807, 2.05) is 47.0 Å². The maximum Gasteiger partial charge on any atom is 0.321 e. The second kappa shape index (κ2) is 7.43. The molecule has 146 valence electrons. The Morgan fingerprint density at radius 1 is 1.29 bits per heavy atom. The van der Waals surface area contributed by atoms with Crippen molar-refractivity contribution in [3.8, 4) is 11.4 Å². The number of aromatic nitrogens is 4. The molecule has 0 radical (unpaired) electrons. The average molecular weight is 381 g/mol. The van der Waals surface area contributed by atoms with Crippen molar-refractivity contribution in [2.75, 3.05) is 32.0 Å². The maximum absolute atomic E-state index is 12.8. The van der Waals surface area contributed by atoms with Crippen molar-refractivity contribution in [3.05, 3.63) is 48.4 Å². The molecule has 3 heterocycles. The van der Waals surface area contributed by atoms with Crippen molar-refractivity contribution in [2.24, 2.45) is 7.05 Å². The minimum absolute atomic E-state index is 0.0631. The first kappa shape index (κ1) is 18.2. The fraction of sp³-hybridized carbons (Fsp3) is 0.368. The summed E-state index contributed by atoms with van der Waals surface area (Å²) in [6.45, 7) is 3.77. The highest BCUT2D eigenvalue weighted by atomic mass is 16.5. The quantitative estimate of drug-likeness (QED) is 0.748. The molecule has 0 bridgehead atoms. The maximum atomic E-state index is 12.8. The van der Waals surface area contributed by atoms with Gasteiger partial charge in [0.15, 0.2) is 0 Å². The highest BCUT2D eigenvalue weighted by molar-refractivity contribution is 5.90. The van der Waals surface area contributed by atoms with Gasteiger partial charge in [-0.05, 0) is 19.2 Å². The zero-order chi connectivity index (χ0) is 19.7. The molecule has 1 N–H and O–H groups in total. The highest BCUT2D eigenvalue weighted by Crippen LogP contribution is 2.24. The van der Waals surface area contributed by atoms with Gasteiger partial charge in [0.2, 0.25) is 11.7 Å². The number of likely N-dealkylation sites (N-methyl/N-ethyl adjacent to an activating group) is 1. The van der Waals surface area contributed by atoms with Crippen molar-refractivity contribution in [1.82, 2.24) is 29.5 Å². The molecule has 2 aromatic heterocycles. The van der Waals surface area contributed by atoms with Crippen LogP contribution in [0.5, 0.6) is 0 Å². The van der Waals surface area contributed by atoms with Crippen LogP contribution < -0.4 is 5.32 Å². The first-order valence-electron chi connectivity index (χ1n) is 9.15. The lowest BCUT2D eigenvalue weighted by Crippen LogP contribution is -2.50. The lowest BCUT2D eigenvalue weighted by molar-refractivity contribution is 0.110. The molecule has 1 unspecified atom stereocenters. The van der Waals surface area contributed by atoms with Crippen molar-refractivity contribution in [2.45, 2.75) is 13.0 Å². The molecule has 9 nitrogen and oxygen atoms in total. The van der Waals surface area contributed by atoms with Crippen LogP contribution in [0.2, 0.25) is 0 Å². The van der Waals surface area contributed by atoms with E-state index in [9.17, 15) is 4.79 Å². The largest absolute Gasteiger partial charge is 0.339 e. The molecule has 0 spiro atoms. The summed E-state index contributed by atoms with van der Waals surface area (Å²) in [5, 5.41) is 6.91. The number of hydrogen-bond acceptors (Lipinski definition) is 6. The van der Waals surface area contributed by atoms with Crippen LogP contribution in [0.3, 0.4) is 0 Å². The molecule has 1 aliphatic heterocycles. The number of rotatable bonds is 3. The fourth-order valence-corrected chi connectivity index (χ4v) is 3.39. The second-order valence-electron chi connectivity index (χ2n) is 6.99. The normalized spacial score (nSPS) is 17.7. The number of carbonyl (C=O) groups is 1. The fourth-order valence-electron chi connectivity index (χ4n) is 3.39. The Bertz CT molecular complexity index is 980. The highest BCUT2D eigenvalue weighted by Gasteiger charge is 2.30. The summed E-state index contributed by atoms with van der Waals surface area (Å²) in [5.74, 6) is 1.96. The first-order valence-corrected chi connectivity index (χ1v) is 9.15. The zero-order valence-electron chi connectivity index (χ0n) is 16.2. The zero-order valence-corrected chi connectivity index (χ0v) is 16.2. The number of piperazine rings is 1. The second-order valence-corrected chi connectivity index (χ2v) is 6.99. The number of imidazole rings is 1. The van der Waals surface area contributed by atoms with Crippen LogP contribution in [0.15, 0.2) is 41.2 Å². The number of hydrogen-bond donors (Lipinski definition) is 1. The van der Waals surface area contributed by atoms with Gasteiger partial charge in [0, 0.05) is 57.3 Å². The van der Waals surface area contributed by atoms with Crippen LogP contribution in [0.25, 0.3) is 11.4 Å². The molecule has 4 rings (SSSR count). The summed E-state index contributed by atoms with van der Waals surface area (Å²) in [5.41, 5.74) is 1.48. The van der Waals surface area contributed by atoms with E-state index in [4.69, 9.17) is 4.52 Å². The van der Waals surface area contributed by atoms with Gasteiger partial charge in [0.1, 0.15) is 5.82 Å². The van der Waals surface area contributed by atoms with E-state index in [-0.39, 0.29) is 12.1 Å². The van der Waals surface area contributed by atoms with E-state index >= 15 is 0 Å². The van der Waals surface area contributed by atoms with Gasteiger partial charge >= 0.3 is 6.03 Å². The molecular formula is C19H23N7O2. The molecule has 9 heteroatoms. The first-order chi connectivity index (χ1) is 13.5. The number of benzene rings is 1. The molecule has 0 aliphatic carbocycles. The number of nitrogens with one attached hydrogen (secondary N) is 1. The van der Waals surface area contributed by atoms with E-state index in [1.165, 1.54) is 0 Å². The number of anilines is 1. The minimum atomic E-state index is -0.131. The molecule has 0 saturated carbocycles. The Kier molecular flexibility index (Phi) is 4.82. The van der Waals surface area contributed by atoms with Gasteiger partial charge in [-0.2, -0.15) is 4.98 Å². The number of amides is 2. The van der Waals surface area contributed by atoms with E-state index in [1.54, 1.807) is 13.1 Å². The summed E-state index contributed by atoms with van der Waals surface area (Å²) in [4.78, 5) is 25.6. The summed E-state index contributed by atoms with van der Waals surface area (Å²) in [6.07, 6.45) is 3.71. The predicted octanol–water partition coefficient (Wildman–Crippen LogP) is 2.30. The van der Waals surface area contributed by atoms with Gasteiger partial charge in [-0.25, -0.2) is 9.78 Å². The summed E-state index contributed by atoms with van der Waals surface area (Å²) in [7, 11) is 4.03. The van der Waals surface area contributed by atoms with Crippen LogP contribution in [-0.2, 0) is 7.05 Å². The monoisotopic (exact) mass is 381 g/mol. The van der Waals surface area contributed by atoms with Crippen LogP contribution in [-0.4, -0.2) is 62.2 Å². The molecule has 1 fully saturated rings. The van der Waals surface area contributed by atoms with Crippen LogP contribution >= 0.6 is 0 Å². The van der Waals surface area contributed by atoms with Gasteiger partial charge in [-0.15, -0.1) is 0 Å². The molecule has 28 heavy (non-hydrogen) atoms. The molecular weight excluding hydrogens is 358 g/mol. The summed E-state index contributed by atoms with van der Waals surface area (Å²) in [6, 6.07) is 7.36. The standard InChI is InChI=1S/C19H23N7O2/c1-13-21-17(23-28-13)14-5-4-6-15(11-14)22-19(27)26-10-9-24(2)16(12-26)18-20-7-8-25(18)3/h4-8,11,16H,9-10,12H2,1-3H3,(H,22,27).